The molecule has 0 atom stereocenters. The fourth-order valence-corrected chi connectivity index (χ4v) is 5.24. The molecule has 0 bridgehead atoms. The Bertz CT molecular complexity index is 1330. The standard InChI is InChI=1S/C28H29N3O5S/c1-4-35-28(34)24-22-6-5-7-23(22)37-27(24)29-25(32)26(33)31-30-18(3)20-12-14-21(15-13-20)36-16-19-10-8-17(2)9-11-19/h8-15H,4-7,16H2,1-3H3,(H,29,32)(H,31,33)/b30-18+. The van der Waals surface area contributed by atoms with E-state index in [9.17, 15) is 14.4 Å². The van der Waals surface area contributed by atoms with Gasteiger partial charge in [-0.2, -0.15) is 5.10 Å². The maximum Gasteiger partial charge on any atom is 0.341 e. The molecule has 2 aromatic carbocycles. The quantitative estimate of drug-likeness (QED) is 0.193. The van der Waals surface area contributed by atoms with Crippen LogP contribution in [0.3, 0.4) is 0 Å². The summed E-state index contributed by atoms with van der Waals surface area (Å²) in [6.45, 7) is 6.18. The van der Waals surface area contributed by atoms with E-state index in [4.69, 9.17) is 9.47 Å². The van der Waals surface area contributed by atoms with Gasteiger partial charge in [0.05, 0.1) is 17.9 Å². The van der Waals surface area contributed by atoms with Crippen molar-refractivity contribution in [3.05, 3.63) is 81.2 Å². The summed E-state index contributed by atoms with van der Waals surface area (Å²) in [4.78, 5) is 38.4. The van der Waals surface area contributed by atoms with Gasteiger partial charge in [0.1, 0.15) is 17.4 Å². The van der Waals surface area contributed by atoms with E-state index in [0.29, 0.717) is 28.6 Å². The van der Waals surface area contributed by atoms with E-state index < -0.39 is 17.8 Å². The minimum atomic E-state index is -0.930. The largest absolute Gasteiger partial charge is 0.489 e. The van der Waals surface area contributed by atoms with Crippen LogP contribution in [0.1, 0.15) is 57.8 Å². The maximum atomic E-state index is 12.5. The summed E-state index contributed by atoms with van der Waals surface area (Å²) in [5.41, 5.74) is 7.10. The highest BCUT2D eigenvalue weighted by Crippen LogP contribution is 2.39. The van der Waals surface area contributed by atoms with Crippen LogP contribution in [-0.4, -0.2) is 30.1 Å². The summed E-state index contributed by atoms with van der Waals surface area (Å²) in [6, 6.07) is 15.4. The van der Waals surface area contributed by atoms with Crippen molar-refractivity contribution < 1.29 is 23.9 Å². The Morgan fingerprint density at radius 1 is 1.00 bits per heavy atom. The number of carbonyl (C=O) groups is 3. The van der Waals surface area contributed by atoms with E-state index in [0.717, 1.165) is 40.8 Å². The molecule has 0 saturated heterocycles. The normalized spacial score (nSPS) is 12.6. The topological polar surface area (TPSA) is 106 Å². The van der Waals surface area contributed by atoms with E-state index in [2.05, 4.69) is 15.8 Å². The fraction of sp³-hybridized carbons (Fsp3) is 0.286. The zero-order valence-electron chi connectivity index (χ0n) is 21.1. The van der Waals surface area contributed by atoms with Gasteiger partial charge in [-0.25, -0.2) is 10.2 Å². The molecule has 192 valence electrons. The third-order valence-corrected chi connectivity index (χ3v) is 7.16. The van der Waals surface area contributed by atoms with Crippen molar-refractivity contribution >= 4 is 39.8 Å². The predicted molar refractivity (Wildman–Crippen MR) is 143 cm³/mol. The molecule has 1 heterocycles. The van der Waals surface area contributed by atoms with Crippen LogP contribution in [0.15, 0.2) is 53.6 Å². The SMILES string of the molecule is CCOC(=O)c1c(NC(=O)C(=O)N/N=C(\C)c2ccc(OCc3ccc(C)cc3)cc2)sc2c1CCC2. The summed E-state index contributed by atoms with van der Waals surface area (Å²) < 4.78 is 11.0. The fourth-order valence-electron chi connectivity index (χ4n) is 3.96. The number of aryl methyl sites for hydroxylation is 2. The van der Waals surface area contributed by atoms with Crippen LogP contribution in [0.4, 0.5) is 5.00 Å². The highest BCUT2D eigenvalue weighted by molar-refractivity contribution is 7.17. The minimum Gasteiger partial charge on any atom is -0.489 e. The number of carbonyl (C=O) groups excluding carboxylic acids is 3. The molecule has 37 heavy (non-hydrogen) atoms. The molecule has 0 fully saturated rings. The first kappa shape index (κ1) is 26.1. The molecule has 4 rings (SSSR count). The van der Waals surface area contributed by atoms with Crippen molar-refractivity contribution in [3.63, 3.8) is 0 Å². The lowest BCUT2D eigenvalue weighted by atomic mass is 10.1. The Labute approximate surface area is 219 Å². The Morgan fingerprint density at radius 3 is 2.43 bits per heavy atom. The smallest absolute Gasteiger partial charge is 0.341 e. The molecule has 9 heteroatoms. The lowest BCUT2D eigenvalue weighted by Gasteiger charge is -2.08. The molecule has 1 aromatic heterocycles. The van der Waals surface area contributed by atoms with Gasteiger partial charge in [-0.1, -0.05) is 29.8 Å². The average Bonchev–Trinajstić information content (AvgIpc) is 3.48. The van der Waals surface area contributed by atoms with Crippen LogP contribution in [0.5, 0.6) is 5.75 Å². The molecule has 0 radical (unpaired) electrons. The molecule has 3 aromatic rings. The molecule has 0 saturated carbocycles. The number of ether oxygens (including phenoxy) is 2. The van der Waals surface area contributed by atoms with Crippen molar-refractivity contribution in [1.29, 1.82) is 0 Å². The second kappa shape index (κ2) is 11.8. The van der Waals surface area contributed by atoms with Crippen LogP contribution in [0.2, 0.25) is 0 Å². The predicted octanol–water partition coefficient (Wildman–Crippen LogP) is 4.78. The summed E-state index contributed by atoms with van der Waals surface area (Å²) in [5.74, 6) is -1.61. The lowest BCUT2D eigenvalue weighted by molar-refractivity contribution is -0.136. The summed E-state index contributed by atoms with van der Waals surface area (Å²) in [5, 5.41) is 6.95. The summed E-state index contributed by atoms with van der Waals surface area (Å²) in [7, 11) is 0. The summed E-state index contributed by atoms with van der Waals surface area (Å²) in [6.07, 6.45) is 2.55. The molecule has 1 aliphatic rings. The first-order valence-electron chi connectivity index (χ1n) is 12.1. The number of hydrazone groups is 1. The minimum absolute atomic E-state index is 0.227. The van der Waals surface area contributed by atoms with E-state index in [-0.39, 0.29) is 6.61 Å². The lowest BCUT2D eigenvalue weighted by Crippen LogP contribution is -2.33. The highest BCUT2D eigenvalue weighted by atomic mass is 32.1. The summed E-state index contributed by atoms with van der Waals surface area (Å²) >= 11 is 1.31. The first-order valence-corrected chi connectivity index (χ1v) is 12.9. The van der Waals surface area contributed by atoms with Gasteiger partial charge in [0, 0.05) is 4.88 Å². The Morgan fingerprint density at radius 2 is 1.73 bits per heavy atom. The third-order valence-electron chi connectivity index (χ3n) is 5.96. The van der Waals surface area contributed by atoms with Gasteiger partial charge in [0.15, 0.2) is 0 Å². The molecule has 2 N–H and O–H groups in total. The van der Waals surface area contributed by atoms with E-state index >= 15 is 0 Å². The second-order valence-corrected chi connectivity index (χ2v) is 9.78. The maximum absolute atomic E-state index is 12.5. The number of hydrogen-bond acceptors (Lipinski definition) is 7. The molecule has 8 nitrogen and oxygen atoms in total. The van der Waals surface area contributed by atoms with E-state index in [1.54, 1.807) is 13.8 Å². The Hall–Kier alpha value is -3.98. The van der Waals surface area contributed by atoms with Crippen LogP contribution in [0.25, 0.3) is 0 Å². The average molecular weight is 520 g/mol. The molecular formula is C28H29N3O5S. The van der Waals surface area contributed by atoms with Crippen molar-refractivity contribution in [2.45, 2.75) is 46.6 Å². The number of nitrogens with zero attached hydrogens (tertiary/aromatic N) is 1. The Kier molecular flexibility index (Phi) is 8.35. The number of benzene rings is 2. The number of thiophene rings is 1. The van der Waals surface area contributed by atoms with Gasteiger partial charge < -0.3 is 14.8 Å². The van der Waals surface area contributed by atoms with Crippen LogP contribution in [0, 0.1) is 6.92 Å². The number of rotatable bonds is 8. The van der Waals surface area contributed by atoms with Gasteiger partial charge in [0.25, 0.3) is 0 Å². The Balaban J connectivity index is 1.34. The van der Waals surface area contributed by atoms with Crippen molar-refractivity contribution in [2.75, 3.05) is 11.9 Å². The first-order chi connectivity index (χ1) is 17.9. The number of hydrogen-bond donors (Lipinski definition) is 2. The van der Waals surface area contributed by atoms with Crippen molar-refractivity contribution in [3.8, 4) is 5.75 Å². The molecule has 2 amide bonds. The van der Waals surface area contributed by atoms with E-state index in [1.807, 2.05) is 55.5 Å². The molecule has 0 unspecified atom stereocenters. The van der Waals surface area contributed by atoms with Gasteiger partial charge in [-0.3, -0.25) is 9.59 Å². The zero-order valence-corrected chi connectivity index (χ0v) is 21.9. The van der Waals surface area contributed by atoms with Crippen LogP contribution >= 0.6 is 11.3 Å². The van der Waals surface area contributed by atoms with E-state index in [1.165, 1.54) is 16.9 Å². The number of anilines is 1. The number of fused-ring (bicyclic) bond motifs is 1. The number of esters is 1. The highest BCUT2D eigenvalue weighted by Gasteiger charge is 2.29. The molecule has 0 spiro atoms. The molecule has 1 aliphatic carbocycles. The zero-order chi connectivity index (χ0) is 26.4. The van der Waals surface area contributed by atoms with Crippen molar-refractivity contribution in [1.82, 2.24) is 5.43 Å². The molecule has 0 aliphatic heterocycles. The molecular weight excluding hydrogens is 490 g/mol. The van der Waals surface area contributed by atoms with Gasteiger partial charge in [0.2, 0.25) is 0 Å². The van der Waals surface area contributed by atoms with Gasteiger partial charge in [-0.05, 0) is 81.0 Å². The third kappa shape index (κ3) is 6.42. The van der Waals surface area contributed by atoms with Crippen LogP contribution in [-0.2, 0) is 33.8 Å². The number of nitrogens with one attached hydrogen (secondary N) is 2. The van der Waals surface area contributed by atoms with Gasteiger partial charge >= 0.3 is 17.8 Å². The second-order valence-electron chi connectivity index (χ2n) is 8.67. The monoisotopic (exact) mass is 519 g/mol. The number of amides is 2. The van der Waals surface area contributed by atoms with Crippen LogP contribution < -0.4 is 15.5 Å². The van der Waals surface area contributed by atoms with Crippen molar-refractivity contribution in [2.24, 2.45) is 5.10 Å². The van der Waals surface area contributed by atoms with Gasteiger partial charge in [-0.15, -0.1) is 11.3 Å².